The third kappa shape index (κ3) is 1.38. The fourth-order valence-corrected chi connectivity index (χ4v) is 3.62. The van der Waals surface area contributed by atoms with Crippen LogP contribution in [-0.2, 0) is 0 Å². The summed E-state index contributed by atoms with van der Waals surface area (Å²) in [4.78, 5) is 6.91. The van der Waals surface area contributed by atoms with Crippen LogP contribution in [0.1, 0.15) is 0 Å². The van der Waals surface area contributed by atoms with Gasteiger partial charge in [-0.2, -0.15) is 0 Å². The Hall–Kier alpha value is -2.45. The van der Waals surface area contributed by atoms with Crippen molar-refractivity contribution < 1.29 is 0 Å². The van der Waals surface area contributed by atoms with Gasteiger partial charge in [0.05, 0.1) is 10.5 Å². The van der Waals surface area contributed by atoms with E-state index in [4.69, 9.17) is 11.6 Å². The SMILES string of the molecule is Clc1c2[nH]c3ccccc3c2cc2[nH]c3ccccc3c12. The lowest BCUT2D eigenvalue weighted by atomic mass is 10.1. The van der Waals surface area contributed by atoms with Crippen molar-refractivity contribution in [2.75, 3.05) is 0 Å². The topological polar surface area (TPSA) is 31.6 Å². The number of hydrogen-bond donors (Lipinski definition) is 2. The second-order valence-electron chi connectivity index (χ2n) is 5.38. The highest BCUT2D eigenvalue weighted by atomic mass is 35.5. The van der Waals surface area contributed by atoms with Crippen molar-refractivity contribution in [3.8, 4) is 0 Å². The molecule has 0 bridgehead atoms. The molecule has 0 radical (unpaired) electrons. The van der Waals surface area contributed by atoms with Crippen LogP contribution in [0.15, 0.2) is 54.6 Å². The number of nitrogens with one attached hydrogen (secondary N) is 2. The Morgan fingerprint density at radius 2 is 1.33 bits per heavy atom. The van der Waals surface area contributed by atoms with E-state index in [1.807, 2.05) is 18.2 Å². The van der Waals surface area contributed by atoms with Gasteiger partial charge in [0.15, 0.2) is 0 Å². The molecular formula is C18H11ClN2. The van der Waals surface area contributed by atoms with E-state index in [2.05, 4.69) is 46.4 Å². The molecule has 0 aliphatic heterocycles. The van der Waals surface area contributed by atoms with Crippen molar-refractivity contribution in [2.45, 2.75) is 0 Å². The number of benzene rings is 3. The Kier molecular flexibility index (Phi) is 2.04. The molecule has 3 heteroatoms. The minimum Gasteiger partial charge on any atom is -0.354 e. The molecule has 0 amide bonds. The van der Waals surface area contributed by atoms with E-state index < -0.39 is 0 Å². The van der Waals surface area contributed by atoms with Crippen LogP contribution in [0.4, 0.5) is 0 Å². The summed E-state index contributed by atoms with van der Waals surface area (Å²) < 4.78 is 0. The minimum atomic E-state index is 0.788. The van der Waals surface area contributed by atoms with Crippen LogP contribution in [0, 0.1) is 0 Å². The van der Waals surface area contributed by atoms with Crippen LogP contribution in [0.25, 0.3) is 43.6 Å². The zero-order valence-corrected chi connectivity index (χ0v) is 11.8. The second-order valence-corrected chi connectivity index (χ2v) is 5.75. The number of aromatic amines is 2. The van der Waals surface area contributed by atoms with Crippen molar-refractivity contribution in [3.63, 3.8) is 0 Å². The lowest BCUT2D eigenvalue weighted by Crippen LogP contribution is -1.74. The predicted molar refractivity (Wildman–Crippen MR) is 90.2 cm³/mol. The summed E-state index contributed by atoms with van der Waals surface area (Å²) in [6.07, 6.45) is 0. The van der Waals surface area contributed by atoms with Crippen molar-refractivity contribution in [1.82, 2.24) is 9.97 Å². The number of para-hydroxylation sites is 2. The van der Waals surface area contributed by atoms with E-state index in [9.17, 15) is 0 Å². The molecule has 0 unspecified atom stereocenters. The zero-order valence-electron chi connectivity index (χ0n) is 11.1. The highest BCUT2D eigenvalue weighted by Gasteiger charge is 2.14. The summed E-state index contributed by atoms with van der Waals surface area (Å²) >= 11 is 6.71. The first kappa shape index (κ1) is 11.2. The highest BCUT2D eigenvalue weighted by Crippen LogP contribution is 2.39. The normalized spacial score (nSPS) is 12.0. The smallest absolute Gasteiger partial charge is 0.0747 e. The molecule has 2 N–H and O–H groups in total. The Bertz CT molecular complexity index is 1140. The lowest BCUT2D eigenvalue weighted by molar-refractivity contribution is 1.54. The van der Waals surface area contributed by atoms with Crippen LogP contribution in [0.3, 0.4) is 0 Å². The molecule has 5 rings (SSSR count). The monoisotopic (exact) mass is 290 g/mol. The average molecular weight is 291 g/mol. The maximum Gasteiger partial charge on any atom is 0.0747 e. The first-order valence-electron chi connectivity index (χ1n) is 6.92. The number of aromatic nitrogens is 2. The van der Waals surface area contributed by atoms with Crippen LogP contribution >= 0.6 is 11.6 Å². The first-order valence-corrected chi connectivity index (χ1v) is 7.30. The highest BCUT2D eigenvalue weighted by molar-refractivity contribution is 6.43. The molecule has 21 heavy (non-hydrogen) atoms. The standard InChI is InChI=1S/C18H11ClN2/c19-17-16-11-6-2-4-8-14(11)20-15(16)9-12-10-5-1-3-7-13(10)21-18(12)17/h1-9,20-21H. The van der Waals surface area contributed by atoms with Gasteiger partial charge >= 0.3 is 0 Å². The predicted octanol–water partition coefficient (Wildman–Crippen LogP) is 5.61. The lowest BCUT2D eigenvalue weighted by Gasteiger charge is -1.98. The van der Waals surface area contributed by atoms with Gasteiger partial charge in [-0.15, -0.1) is 0 Å². The summed E-state index contributed by atoms with van der Waals surface area (Å²) in [6.45, 7) is 0. The van der Waals surface area contributed by atoms with E-state index in [-0.39, 0.29) is 0 Å². The average Bonchev–Trinajstić information content (AvgIpc) is 3.06. The first-order chi connectivity index (χ1) is 10.3. The van der Waals surface area contributed by atoms with Crippen molar-refractivity contribution >= 4 is 55.2 Å². The van der Waals surface area contributed by atoms with E-state index in [1.54, 1.807) is 0 Å². The van der Waals surface area contributed by atoms with Gasteiger partial charge in [0.25, 0.3) is 0 Å². The van der Waals surface area contributed by atoms with Crippen molar-refractivity contribution in [1.29, 1.82) is 0 Å². The molecule has 0 atom stereocenters. The fourth-order valence-electron chi connectivity index (χ4n) is 3.26. The molecule has 0 aliphatic carbocycles. The van der Waals surface area contributed by atoms with Gasteiger partial charge in [-0.1, -0.05) is 48.0 Å². The van der Waals surface area contributed by atoms with E-state index in [0.29, 0.717) is 0 Å². The molecule has 0 saturated carbocycles. The van der Waals surface area contributed by atoms with Crippen LogP contribution in [0.5, 0.6) is 0 Å². The zero-order chi connectivity index (χ0) is 14.0. The Morgan fingerprint density at radius 1 is 0.667 bits per heavy atom. The number of halogens is 1. The Labute approximate surface area is 125 Å². The summed E-state index contributed by atoms with van der Waals surface area (Å²) in [6, 6.07) is 18.7. The summed E-state index contributed by atoms with van der Waals surface area (Å²) in [5.74, 6) is 0. The second kappa shape index (κ2) is 3.80. The maximum atomic E-state index is 6.71. The van der Waals surface area contributed by atoms with E-state index >= 15 is 0 Å². The Morgan fingerprint density at radius 3 is 2.14 bits per heavy atom. The number of H-pyrrole nitrogens is 2. The molecule has 0 aliphatic rings. The molecule has 100 valence electrons. The van der Waals surface area contributed by atoms with E-state index in [0.717, 1.165) is 43.2 Å². The summed E-state index contributed by atoms with van der Waals surface area (Å²) in [7, 11) is 0. The molecule has 2 nitrogen and oxygen atoms in total. The van der Waals surface area contributed by atoms with Crippen LogP contribution < -0.4 is 0 Å². The van der Waals surface area contributed by atoms with Gasteiger partial charge in [0.2, 0.25) is 0 Å². The summed E-state index contributed by atoms with van der Waals surface area (Å²) in [5.41, 5.74) is 4.33. The van der Waals surface area contributed by atoms with Gasteiger partial charge in [-0.3, -0.25) is 0 Å². The molecule has 0 spiro atoms. The molecule has 5 aromatic rings. The van der Waals surface area contributed by atoms with Gasteiger partial charge < -0.3 is 9.97 Å². The number of rotatable bonds is 0. The molecule has 2 heterocycles. The van der Waals surface area contributed by atoms with E-state index in [1.165, 1.54) is 5.39 Å². The third-order valence-electron chi connectivity index (χ3n) is 4.21. The Balaban J connectivity index is 2.10. The maximum absolute atomic E-state index is 6.71. The van der Waals surface area contributed by atoms with Gasteiger partial charge in [-0.05, 0) is 18.2 Å². The molecule has 2 aromatic heterocycles. The molecule has 3 aromatic carbocycles. The van der Waals surface area contributed by atoms with Gasteiger partial charge in [0, 0.05) is 38.1 Å². The quantitative estimate of drug-likeness (QED) is 0.371. The van der Waals surface area contributed by atoms with Crippen molar-refractivity contribution in [3.05, 3.63) is 59.6 Å². The van der Waals surface area contributed by atoms with Gasteiger partial charge in [-0.25, -0.2) is 0 Å². The summed E-state index contributed by atoms with van der Waals surface area (Å²) in [5, 5.41) is 5.41. The third-order valence-corrected chi connectivity index (χ3v) is 4.59. The van der Waals surface area contributed by atoms with Gasteiger partial charge in [0.1, 0.15) is 0 Å². The molecule has 0 saturated heterocycles. The largest absolute Gasteiger partial charge is 0.354 e. The van der Waals surface area contributed by atoms with Crippen molar-refractivity contribution in [2.24, 2.45) is 0 Å². The fraction of sp³-hybridized carbons (Fsp3) is 0. The molecule has 0 fully saturated rings. The molecular weight excluding hydrogens is 280 g/mol. The van der Waals surface area contributed by atoms with Crippen LogP contribution in [-0.4, -0.2) is 9.97 Å². The minimum absolute atomic E-state index is 0.788. The number of fused-ring (bicyclic) bond motifs is 6. The van der Waals surface area contributed by atoms with Crippen LogP contribution in [0.2, 0.25) is 5.02 Å². The number of hydrogen-bond acceptors (Lipinski definition) is 0.